The van der Waals surface area contributed by atoms with Crippen molar-refractivity contribution in [1.82, 2.24) is 14.7 Å². The molecule has 3 rings (SSSR count). The maximum atomic E-state index is 11.3. The summed E-state index contributed by atoms with van der Waals surface area (Å²) in [5.74, 6) is -0.919. The predicted octanol–water partition coefficient (Wildman–Crippen LogP) is 1.68. The summed E-state index contributed by atoms with van der Waals surface area (Å²) in [6, 6.07) is 8.43. The van der Waals surface area contributed by atoms with Crippen LogP contribution in [0.2, 0.25) is 0 Å². The van der Waals surface area contributed by atoms with Crippen molar-refractivity contribution >= 4 is 5.97 Å². The van der Waals surface area contributed by atoms with Crippen molar-refractivity contribution in [2.75, 3.05) is 6.54 Å². The van der Waals surface area contributed by atoms with Gasteiger partial charge in [0.1, 0.15) is 0 Å². The molecule has 0 unspecified atom stereocenters. The summed E-state index contributed by atoms with van der Waals surface area (Å²) in [4.78, 5) is 13.5. The topological polar surface area (TPSA) is 58.4 Å². The Balaban J connectivity index is 1.79. The molecule has 1 aliphatic rings. The molecule has 0 fully saturated rings. The third-order valence-corrected chi connectivity index (χ3v) is 3.82. The Hall–Kier alpha value is -2.14. The first kappa shape index (κ1) is 12.9. The second-order valence-corrected chi connectivity index (χ2v) is 5.18. The highest BCUT2D eigenvalue weighted by Crippen LogP contribution is 2.21. The Morgan fingerprint density at radius 3 is 2.85 bits per heavy atom. The van der Waals surface area contributed by atoms with Crippen molar-refractivity contribution in [3.05, 3.63) is 52.8 Å². The van der Waals surface area contributed by atoms with Crippen molar-refractivity contribution < 1.29 is 9.90 Å². The maximum Gasteiger partial charge on any atom is 0.354 e. The standard InChI is InChI=1S/C15H17N3O2/c1-17-14(15(19)20)13(8-16-17)10-18-7-6-11-4-2-3-5-12(11)9-18/h2-5,8H,6-7,9-10H2,1H3,(H,19,20). The van der Waals surface area contributed by atoms with E-state index < -0.39 is 5.97 Å². The quantitative estimate of drug-likeness (QED) is 0.922. The van der Waals surface area contributed by atoms with Crippen LogP contribution in [0.15, 0.2) is 30.5 Å². The van der Waals surface area contributed by atoms with Crippen LogP contribution in [-0.4, -0.2) is 32.3 Å². The third-order valence-electron chi connectivity index (χ3n) is 3.82. The Morgan fingerprint density at radius 1 is 1.35 bits per heavy atom. The van der Waals surface area contributed by atoms with Gasteiger partial charge in [-0.3, -0.25) is 9.58 Å². The number of hydrogen-bond acceptors (Lipinski definition) is 3. The van der Waals surface area contributed by atoms with Gasteiger partial charge in [0.05, 0.1) is 6.20 Å². The number of aromatic carboxylic acids is 1. The number of hydrogen-bond donors (Lipinski definition) is 1. The van der Waals surface area contributed by atoms with E-state index in [1.165, 1.54) is 15.8 Å². The fourth-order valence-electron chi connectivity index (χ4n) is 2.80. The molecule has 1 aliphatic heterocycles. The van der Waals surface area contributed by atoms with Crippen LogP contribution in [0.4, 0.5) is 0 Å². The van der Waals surface area contributed by atoms with Gasteiger partial charge in [-0.25, -0.2) is 4.79 Å². The average molecular weight is 271 g/mol. The van der Waals surface area contributed by atoms with E-state index in [1.54, 1.807) is 13.2 Å². The number of benzene rings is 1. The van der Waals surface area contributed by atoms with Crippen LogP contribution in [-0.2, 0) is 26.6 Å². The second-order valence-electron chi connectivity index (χ2n) is 5.18. The summed E-state index contributed by atoms with van der Waals surface area (Å²) in [6.45, 7) is 2.44. The average Bonchev–Trinajstić information content (AvgIpc) is 2.79. The second kappa shape index (κ2) is 5.09. The molecule has 5 nitrogen and oxygen atoms in total. The summed E-state index contributed by atoms with van der Waals surface area (Å²) < 4.78 is 1.43. The molecule has 20 heavy (non-hydrogen) atoms. The van der Waals surface area contributed by atoms with Crippen molar-refractivity contribution in [2.24, 2.45) is 7.05 Å². The van der Waals surface area contributed by atoms with E-state index in [0.717, 1.165) is 25.1 Å². The number of carboxylic acids is 1. The molecule has 0 radical (unpaired) electrons. The number of aromatic nitrogens is 2. The fraction of sp³-hybridized carbons (Fsp3) is 0.333. The summed E-state index contributed by atoms with van der Waals surface area (Å²) in [5, 5.41) is 13.3. The molecule has 0 spiro atoms. The number of aryl methyl sites for hydroxylation is 1. The lowest BCUT2D eigenvalue weighted by Gasteiger charge is -2.28. The van der Waals surface area contributed by atoms with Gasteiger partial charge in [-0.1, -0.05) is 24.3 Å². The Labute approximate surface area is 117 Å². The molecular weight excluding hydrogens is 254 g/mol. The van der Waals surface area contributed by atoms with E-state index >= 15 is 0 Å². The van der Waals surface area contributed by atoms with Gasteiger partial charge >= 0.3 is 5.97 Å². The fourth-order valence-corrected chi connectivity index (χ4v) is 2.80. The zero-order valence-corrected chi connectivity index (χ0v) is 11.4. The molecule has 0 atom stereocenters. The highest BCUT2D eigenvalue weighted by atomic mass is 16.4. The molecule has 2 aromatic rings. The molecule has 1 aromatic heterocycles. The minimum Gasteiger partial charge on any atom is -0.477 e. The largest absolute Gasteiger partial charge is 0.477 e. The highest BCUT2D eigenvalue weighted by molar-refractivity contribution is 5.87. The Morgan fingerprint density at radius 2 is 2.10 bits per heavy atom. The molecular formula is C15H17N3O2. The first-order valence-electron chi connectivity index (χ1n) is 6.68. The SMILES string of the molecule is Cn1ncc(CN2CCc3ccccc3C2)c1C(=O)O. The minimum absolute atomic E-state index is 0.281. The zero-order chi connectivity index (χ0) is 14.1. The van der Waals surface area contributed by atoms with E-state index in [0.29, 0.717) is 6.54 Å². The molecule has 1 aromatic carbocycles. The lowest BCUT2D eigenvalue weighted by Crippen LogP contribution is -2.30. The van der Waals surface area contributed by atoms with Gasteiger partial charge in [0.15, 0.2) is 5.69 Å². The van der Waals surface area contributed by atoms with Crippen LogP contribution in [0, 0.1) is 0 Å². The summed E-state index contributed by atoms with van der Waals surface area (Å²) in [7, 11) is 1.67. The molecule has 0 aliphatic carbocycles. The normalized spacial score (nSPS) is 15.1. The molecule has 0 bridgehead atoms. The number of carbonyl (C=O) groups is 1. The van der Waals surface area contributed by atoms with Crippen LogP contribution in [0.25, 0.3) is 0 Å². The van der Waals surface area contributed by atoms with Gasteiger partial charge in [0, 0.05) is 32.2 Å². The van der Waals surface area contributed by atoms with Gasteiger partial charge in [0.25, 0.3) is 0 Å². The molecule has 104 valence electrons. The third kappa shape index (κ3) is 2.32. The number of fused-ring (bicyclic) bond motifs is 1. The van der Waals surface area contributed by atoms with Gasteiger partial charge in [-0.15, -0.1) is 0 Å². The lowest BCUT2D eigenvalue weighted by molar-refractivity contribution is 0.0682. The van der Waals surface area contributed by atoms with E-state index in [-0.39, 0.29) is 5.69 Å². The Bertz CT molecular complexity index is 648. The van der Waals surface area contributed by atoms with Crippen LogP contribution in [0.1, 0.15) is 27.2 Å². The van der Waals surface area contributed by atoms with E-state index in [1.807, 2.05) is 0 Å². The predicted molar refractivity (Wildman–Crippen MR) is 74.4 cm³/mol. The van der Waals surface area contributed by atoms with Crippen molar-refractivity contribution in [1.29, 1.82) is 0 Å². The number of nitrogens with zero attached hydrogens (tertiary/aromatic N) is 3. The molecule has 1 N–H and O–H groups in total. The van der Waals surface area contributed by atoms with E-state index in [2.05, 4.69) is 34.3 Å². The van der Waals surface area contributed by atoms with Crippen LogP contribution in [0.3, 0.4) is 0 Å². The molecule has 0 amide bonds. The monoisotopic (exact) mass is 271 g/mol. The first-order valence-corrected chi connectivity index (χ1v) is 6.68. The van der Waals surface area contributed by atoms with Crippen molar-refractivity contribution in [3.63, 3.8) is 0 Å². The minimum atomic E-state index is -0.919. The van der Waals surface area contributed by atoms with Gasteiger partial charge in [0.2, 0.25) is 0 Å². The lowest BCUT2D eigenvalue weighted by atomic mass is 9.99. The van der Waals surface area contributed by atoms with Gasteiger partial charge in [-0.2, -0.15) is 5.10 Å². The van der Waals surface area contributed by atoms with Gasteiger partial charge < -0.3 is 5.11 Å². The van der Waals surface area contributed by atoms with Crippen LogP contribution in [0.5, 0.6) is 0 Å². The highest BCUT2D eigenvalue weighted by Gasteiger charge is 2.21. The summed E-state index contributed by atoms with van der Waals surface area (Å²) in [5.41, 5.74) is 3.79. The smallest absolute Gasteiger partial charge is 0.354 e. The van der Waals surface area contributed by atoms with Crippen LogP contribution < -0.4 is 0 Å². The maximum absolute atomic E-state index is 11.3. The first-order chi connectivity index (χ1) is 9.65. The van der Waals surface area contributed by atoms with E-state index in [4.69, 9.17) is 0 Å². The number of rotatable bonds is 3. The molecule has 0 saturated carbocycles. The molecule has 2 heterocycles. The molecule has 5 heteroatoms. The summed E-state index contributed by atoms with van der Waals surface area (Å²) >= 11 is 0. The summed E-state index contributed by atoms with van der Waals surface area (Å²) in [6.07, 6.45) is 2.67. The Kier molecular flexibility index (Phi) is 3.28. The van der Waals surface area contributed by atoms with Crippen molar-refractivity contribution in [2.45, 2.75) is 19.5 Å². The molecule has 0 saturated heterocycles. The van der Waals surface area contributed by atoms with Gasteiger partial charge in [-0.05, 0) is 17.5 Å². The number of carboxylic acid groups (broad SMARTS) is 1. The van der Waals surface area contributed by atoms with Crippen LogP contribution >= 0.6 is 0 Å². The van der Waals surface area contributed by atoms with E-state index in [9.17, 15) is 9.90 Å². The van der Waals surface area contributed by atoms with Crippen molar-refractivity contribution in [3.8, 4) is 0 Å². The zero-order valence-electron chi connectivity index (χ0n) is 11.4.